The van der Waals surface area contributed by atoms with Crippen molar-refractivity contribution in [3.8, 4) is 11.5 Å². The third-order valence-electron chi connectivity index (χ3n) is 2.17. The summed E-state index contributed by atoms with van der Waals surface area (Å²) in [5.74, 6) is 1.29. The molecule has 1 aliphatic heterocycles. The molecule has 0 saturated heterocycles. The predicted octanol–water partition coefficient (Wildman–Crippen LogP) is 1.58. The topological polar surface area (TPSA) is 71.1 Å². The molecule has 0 bridgehead atoms. The molecule has 0 aromatic carbocycles. The fourth-order valence-corrected chi connectivity index (χ4v) is 2.85. The molecular weight excluding hydrogens is 280 g/mol. The van der Waals surface area contributed by atoms with E-state index < -0.39 is 10.1 Å². The van der Waals surface area contributed by atoms with E-state index >= 15 is 0 Å². The third kappa shape index (κ3) is 3.58. The summed E-state index contributed by atoms with van der Waals surface area (Å²) in [6.07, 6.45) is 0.108. The minimum absolute atomic E-state index is 0.00176. The molecule has 2 heterocycles. The lowest BCUT2D eigenvalue weighted by Gasteiger charge is -2.23. The summed E-state index contributed by atoms with van der Waals surface area (Å²) in [6, 6.07) is 0. The van der Waals surface area contributed by atoms with Gasteiger partial charge in [0.05, 0.1) is 5.75 Å². The van der Waals surface area contributed by atoms with Crippen molar-refractivity contribution < 1.29 is 27.1 Å². The first-order valence-electron chi connectivity index (χ1n) is 5.50. The molecule has 2 rings (SSSR count). The molecule has 8 heteroatoms. The van der Waals surface area contributed by atoms with Gasteiger partial charge in [-0.05, 0) is 6.42 Å². The molecule has 1 unspecified atom stereocenters. The second-order valence-electron chi connectivity index (χ2n) is 3.77. The number of rotatable bonds is 6. The lowest BCUT2D eigenvalue weighted by molar-refractivity contribution is -0.219. The second-order valence-corrected chi connectivity index (χ2v) is 6.17. The van der Waals surface area contributed by atoms with Gasteiger partial charge in [-0.2, -0.15) is 8.42 Å². The Balaban J connectivity index is 1.76. The highest BCUT2D eigenvalue weighted by atomic mass is 32.2. The smallest absolute Gasteiger partial charge is 0.293 e. The van der Waals surface area contributed by atoms with Crippen molar-refractivity contribution in [1.29, 1.82) is 0 Å². The summed E-state index contributed by atoms with van der Waals surface area (Å²) in [5.41, 5.74) is 0. The molecule has 0 N–H and O–H groups in total. The largest absolute Gasteiger partial charge is 0.485 e. The highest BCUT2D eigenvalue weighted by Gasteiger charge is 2.23. The average molecular weight is 294 g/mol. The van der Waals surface area contributed by atoms with Gasteiger partial charge in [0.2, 0.25) is 0 Å². The maximum Gasteiger partial charge on any atom is 0.293 e. The normalized spacial score (nSPS) is 18.8. The maximum atomic E-state index is 11.2. The van der Waals surface area contributed by atoms with Gasteiger partial charge in [-0.15, -0.1) is 15.7 Å². The Hall–Kier alpha value is -0.830. The van der Waals surface area contributed by atoms with E-state index in [9.17, 15) is 8.42 Å². The Kier molecular flexibility index (Phi) is 4.44. The van der Waals surface area contributed by atoms with E-state index in [0.29, 0.717) is 24.5 Å². The van der Waals surface area contributed by atoms with Crippen LogP contribution < -0.4 is 9.47 Å². The van der Waals surface area contributed by atoms with Crippen LogP contribution in [0.15, 0.2) is 10.8 Å². The molecule has 0 amide bonds. The fourth-order valence-electron chi connectivity index (χ4n) is 1.40. The van der Waals surface area contributed by atoms with Crippen LogP contribution >= 0.6 is 11.3 Å². The highest BCUT2D eigenvalue weighted by molar-refractivity contribution is 7.86. The monoisotopic (exact) mass is 294 g/mol. The van der Waals surface area contributed by atoms with Crippen LogP contribution in [0.5, 0.6) is 11.5 Å². The molecule has 1 aliphatic rings. The lowest BCUT2D eigenvalue weighted by Crippen LogP contribution is -2.33. The molecular formula is C10H14O6S2. The molecule has 1 aromatic heterocycles. The van der Waals surface area contributed by atoms with Gasteiger partial charge in [0.1, 0.15) is 13.2 Å². The summed E-state index contributed by atoms with van der Waals surface area (Å²) >= 11 is 1.47. The minimum atomic E-state index is -3.60. The fraction of sp³-hybridized carbons (Fsp3) is 0.600. The van der Waals surface area contributed by atoms with Crippen molar-refractivity contribution in [2.24, 2.45) is 0 Å². The summed E-state index contributed by atoms with van der Waals surface area (Å²) < 4.78 is 37.7. The molecule has 0 aliphatic carbocycles. The van der Waals surface area contributed by atoms with Crippen molar-refractivity contribution in [2.45, 2.75) is 19.4 Å². The number of hydrogen-bond acceptors (Lipinski definition) is 7. The van der Waals surface area contributed by atoms with E-state index in [0.717, 1.165) is 0 Å². The maximum absolute atomic E-state index is 11.2. The van der Waals surface area contributed by atoms with Crippen LogP contribution in [0.25, 0.3) is 0 Å². The van der Waals surface area contributed by atoms with Crippen molar-refractivity contribution in [2.75, 3.05) is 19.0 Å². The van der Waals surface area contributed by atoms with Gasteiger partial charge in [0.15, 0.2) is 17.6 Å². The molecule has 1 aromatic rings. The Morgan fingerprint density at radius 3 is 3.00 bits per heavy atom. The molecule has 18 heavy (non-hydrogen) atoms. The van der Waals surface area contributed by atoms with E-state index in [1.807, 2.05) is 10.8 Å². The van der Waals surface area contributed by atoms with Crippen molar-refractivity contribution >= 4 is 21.5 Å². The first-order valence-corrected chi connectivity index (χ1v) is 8.02. The Morgan fingerprint density at radius 2 is 2.22 bits per heavy atom. The summed E-state index contributed by atoms with van der Waals surface area (Å²) in [6.45, 7) is 2.05. The Labute approximate surface area is 109 Å². The van der Waals surface area contributed by atoms with E-state index in [2.05, 4.69) is 4.33 Å². The summed E-state index contributed by atoms with van der Waals surface area (Å²) in [7, 11) is -3.60. The Bertz CT molecular complexity index is 480. The summed E-state index contributed by atoms with van der Waals surface area (Å²) in [4.78, 5) is 4.69. The van der Waals surface area contributed by atoms with Gasteiger partial charge in [-0.3, -0.25) is 0 Å². The number of ether oxygens (including phenoxy) is 2. The molecule has 0 fully saturated rings. The van der Waals surface area contributed by atoms with Gasteiger partial charge in [0.25, 0.3) is 10.1 Å². The zero-order valence-corrected chi connectivity index (χ0v) is 11.5. The zero-order chi connectivity index (χ0) is 13.0. The van der Waals surface area contributed by atoms with Crippen molar-refractivity contribution in [3.05, 3.63) is 10.8 Å². The second kappa shape index (κ2) is 5.87. The minimum Gasteiger partial charge on any atom is -0.485 e. The van der Waals surface area contributed by atoms with Crippen LogP contribution in [0.3, 0.4) is 0 Å². The highest BCUT2D eigenvalue weighted by Crippen LogP contribution is 2.35. The summed E-state index contributed by atoms with van der Waals surface area (Å²) in [5, 5.41) is 3.66. The van der Waals surface area contributed by atoms with Crippen LogP contribution in [-0.4, -0.2) is 33.5 Å². The lowest BCUT2D eigenvalue weighted by atomic mass is 10.3. The average Bonchev–Trinajstić information content (AvgIpc) is 2.75. The van der Waals surface area contributed by atoms with E-state index in [1.54, 1.807) is 6.92 Å². The number of hydrogen-bond donors (Lipinski definition) is 0. The standard InChI is InChI=1S/C10H14O6S2/c1-2-3-18(11,12)16-14-5-8-4-13-9-6-17-7-10(9)15-8/h6-8H,2-5H2,1H3. The quantitative estimate of drug-likeness (QED) is 0.586. The molecule has 1 atom stereocenters. The molecule has 102 valence electrons. The zero-order valence-electron chi connectivity index (χ0n) is 9.83. The van der Waals surface area contributed by atoms with Crippen LogP contribution in [0, 0.1) is 0 Å². The molecule has 0 spiro atoms. The van der Waals surface area contributed by atoms with Crippen molar-refractivity contribution in [3.63, 3.8) is 0 Å². The SMILES string of the molecule is CCCS(=O)(=O)OOCC1COc2cscc2O1. The predicted molar refractivity (Wildman–Crippen MR) is 65.3 cm³/mol. The van der Waals surface area contributed by atoms with Crippen LogP contribution in [0.2, 0.25) is 0 Å². The van der Waals surface area contributed by atoms with Gasteiger partial charge >= 0.3 is 0 Å². The molecule has 6 nitrogen and oxygen atoms in total. The van der Waals surface area contributed by atoms with Gasteiger partial charge < -0.3 is 9.47 Å². The van der Waals surface area contributed by atoms with Gasteiger partial charge in [-0.1, -0.05) is 6.92 Å². The first kappa shape index (κ1) is 13.6. The Morgan fingerprint density at radius 1 is 1.44 bits per heavy atom. The van der Waals surface area contributed by atoms with E-state index in [4.69, 9.17) is 14.4 Å². The third-order valence-corrected chi connectivity index (χ3v) is 4.08. The molecule has 0 saturated carbocycles. The van der Waals surface area contributed by atoms with E-state index in [-0.39, 0.29) is 18.5 Å². The number of thiophene rings is 1. The van der Waals surface area contributed by atoms with Crippen LogP contribution in [-0.2, 0) is 19.3 Å². The molecule has 0 radical (unpaired) electrons. The van der Waals surface area contributed by atoms with Crippen molar-refractivity contribution in [1.82, 2.24) is 0 Å². The van der Waals surface area contributed by atoms with Crippen LogP contribution in [0.4, 0.5) is 0 Å². The van der Waals surface area contributed by atoms with Gasteiger partial charge in [0, 0.05) is 10.8 Å². The van der Waals surface area contributed by atoms with Crippen LogP contribution in [0.1, 0.15) is 13.3 Å². The number of fused-ring (bicyclic) bond motifs is 1. The van der Waals surface area contributed by atoms with E-state index in [1.165, 1.54) is 11.3 Å². The first-order chi connectivity index (χ1) is 8.61. The van der Waals surface area contributed by atoms with Gasteiger partial charge in [-0.25, -0.2) is 4.89 Å².